The zero-order chi connectivity index (χ0) is 12.8. The van der Waals surface area contributed by atoms with Gasteiger partial charge in [0.1, 0.15) is 5.82 Å². The summed E-state index contributed by atoms with van der Waals surface area (Å²) >= 11 is 3.59. The van der Waals surface area contributed by atoms with E-state index in [1.807, 2.05) is 13.1 Å². The fourth-order valence-corrected chi connectivity index (χ4v) is 2.37. The molecule has 0 spiro atoms. The third-order valence-corrected chi connectivity index (χ3v) is 3.47. The maximum atomic E-state index is 5.17. The van der Waals surface area contributed by atoms with Gasteiger partial charge in [0.25, 0.3) is 0 Å². The summed E-state index contributed by atoms with van der Waals surface area (Å²) in [5, 5.41) is 0. The number of pyridine rings is 1. The number of hydrogen-bond acceptors (Lipinski definition) is 3. The molecule has 0 N–H and O–H groups in total. The molecule has 0 aliphatic carbocycles. The van der Waals surface area contributed by atoms with E-state index in [2.05, 4.69) is 45.7 Å². The maximum absolute atomic E-state index is 5.17. The molecular formula is C13H21BrN2O. The van der Waals surface area contributed by atoms with Crippen molar-refractivity contribution < 1.29 is 4.74 Å². The number of nitrogens with zero attached hydrogens (tertiary/aromatic N) is 2. The topological polar surface area (TPSA) is 25.4 Å². The van der Waals surface area contributed by atoms with Crippen molar-refractivity contribution in [3.8, 4) is 0 Å². The normalized spacial score (nSPS) is 12.5. The Morgan fingerprint density at radius 2 is 2.24 bits per heavy atom. The van der Waals surface area contributed by atoms with Crippen LogP contribution in [-0.4, -0.2) is 31.3 Å². The first-order valence-corrected chi connectivity index (χ1v) is 6.77. The number of aromatic nitrogens is 1. The highest BCUT2D eigenvalue weighted by molar-refractivity contribution is 9.10. The van der Waals surface area contributed by atoms with Gasteiger partial charge in [0.15, 0.2) is 0 Å². The van der Waals surface area contributed by atoms with Crippen molar-refractivity contribution in [2.45, 2.75) is 33.2 Å². The van der Waals surface area contributed by atoms with Crippen LogP contribution in [0.15, 0.2) is 16.7 Å². The molecule has 1 rings (SSSR count). The minimum absolute atomic E-state index is 0.455. The third-order valence-electron chi connectivity index (χ3n) is 2.89. The van der Waals surface area contributed by atoms with Crippen molar-refractivity contribution in [2.24, 2.45) is 0 Å². The molecule has 0 aliphatic rings. The monoisotopic (exact) mass is 300 g/mol. The molecule has 0 aliphatic heterocycles. The van der Waals surface area contributed by atoms with Crippen LogP contribution in [0.5, 0.6) is 0 Å². The van der Waals surface area contributed by atoms with Crippen LogP contribution in [0.2, 0.25) is 0 Å². The van der Waals surface area contributed by atoms with Crippen LogP contribution in [0.25, 0.3) is 0 Å². The van der Waals surface area contributed by atoms with Crippen LogP contribution in [0, 0.1) is 6.92 Å². The van der Waals surface area contributed by atoms with E-state index in [4.69, 9.17) is 4.74 Å². The van der Waals surface area contributed by atoms with Gasteiger partial charge in [-0.2, -0.15) is 0 Å². The molecule has 0 bridgehead atoms. The Kier molecular flexibility index (Phi) is 5.92. The smallest absolute Gasteiger partial charge is 0.143 e. The zero-order valence-electron chi connectivity index (χ0n) is 11.0. The average molecular weight is 301 g/mol. The summed E-state index contributed by atoms with van der Waals surface area (Å²) in [7, 11) is 1.73. The average Bonchev–Trinajstić information content (AvgIpc) is 2.31. The fraction of sp³-hybridized carbons (Fsp3) is 0.615. The van der Waals surface area contributed by atoms with Crippen LogP contribution in [-0.2, 0) is 4.74 Å². The lowest BCUT2D eigenvalue weighted by Crippen LogP contribution is -2.36. The molecule has 0 radical (unpaired) electrons. The van der Waals surface area contributed by atoms with Gasteiger partial charge < -0.3 is 9.64 Å². The van der Waals surface area contributed by atoms with E-state index in [9.17, 15) is 0 Å². The van der Waals surface area contributed by atoms with Gasteiger partial charge in [0, 0.05) is 25.9 Å². The first-order chi connectivity index (χ1) is 8.10. The Balaban J connectivity index is 2.95. The lowest BCUT2D eigenvalue weighted by molar-refractivity contribution is 0.203. The van der Waals surface area contributed by atoms with Gasteiger partial charge in [-0.25, -0.2) is 4.98 Å². The number of ether oxygens (including phenoxy) is 1. The zero-order valence-corrected chi connectivity index (χ0v) is 12.6. The Labute approximate surface area is 112 Å². The van der Waals surface area contributed by atoms with Crippen molar-refractivity contribution >= 4 is 21.7 Å². The van der Waals surface area contributed by atoms with E-state index in [0.717, 1.165) is 28.8 Å². The number of halogens is 1. The van der Waals surface area contributed by atoms with Gasteiger partial charge >= 0.3 is 0 Å². The number of hydrogen-bond donors (Lipinski definition) is 0. The molecule has 1 atom stereocenters. The molecule has 0 aromatic carbocycles. The number of aryl methyl sites for hydroxylation is 1. The highest BCUT2D eigenvalue weighted by atomic mass is 79.9. The van der Waals surface area contributed by atoms with E-state index in [1.165, 1.54) is 0 Å². The van der Waals surface area contributed by atoms with E-state index < -0.39 is 0 Å². The number of anilines is 1. The summed E-state index contributed by atoms with van der Waals surface area (Å²) < 4.78 is 6.22. The molecule has 0 saturated carbocycles. The maximum Gasteiger partial charge on any atom is 0.143 e. The SMILES string of the molecule is CCC(C)N(CCOC)c1ncc(C)cc1Br. The molecule has 0 fully saturated rings. The predicted octanol–water partition coefficient (Wildman–Crippen LogP) is 3.40. The molecule has 4 heteroatoms. The Morgan fingerprint density at radius 1 is 1.53 bits per heavy atom. The second kappa shape index (κ2) is 6.97. The molecule has 1 heterocycles. The first kappa shape index (κ1) is 14.5. The molecular weight excluding hydrogens is 280 g/mol. The van der Waals surface area contributed by atoms with Gasteiger partial charge in [-0.05, 0) is 47.8 Å². The van der Waals surface area contributed by atoms with Gasteiger partial charge in [-0.1, -0.05) is 6.92 Å². The van der Waals surface area contributed by atoms with Gasteiger partial charge in [-0.15, -0.1) is 0 Å². The minimum Gasteiger partial charge on any atom is -0.383 e. The Morgan fingerprint density at radius 3 is 2.76 bits per heavy atom. The highest BCUT2D eigenvalue weighted by Gasteiger charge is 2.16. The second-order valence-corrected chi connectivity index (χ2v) is 5.12. The molecule has 1 aromatic heterocycles. The second-order valence-electron chi connectivity index (χ2n) is 4.26. The summed E-state index contributed by atoms with van der Waals surface area (Å²) in [5.41, 5.74) is 1.16. The number of rotatable bonds is 6. The first-order valence-electron chi connectivity index (χ1n) is 5.97. The standard InChI is InChI=1S/C13H21BrN2O/c1-5-11(3)16(6-7-17-4)13-12(14)8-10(2)9-15-13/h8-9,11H,5-7H2,1-4H3. The molecule has 3 nitrogen and oxygen atoms in total. The Bertz CT molecular complexity index is 357. The van der Waals surface area contributed by atoms with E-state index in [-0.39, 0.29) is 0 Å². The van der Waals surface area contributed by atoms with Gasteiger partial charge in [0.05, 0.1) is 11.1 Å². The summed E-state index contributed by atoms with van der Waals surface area (Å²) in [6, 6.07) is 2.56. The summed E-state index contributed by atoms with van der Waals surface area (Å²) in [4.78, 5) is 6.81. The van der Waals surface area contributed by atoms with Crippen molar-refractivity contribution in [3.05, 3.63) is 22.3 Å². The van der Waals surface area contributed by atoms with Crippen LogP contribution in [0.1, 0.15) is 25.8 Å². The highest BCUT2D eigenvalue weighted by Crippen LogP contribution is 2.26. The molecule has 1 aromatic rings. The van der Waals surface area contributed by atoms with Crippen molar-refractivity contribution in [3.63, 3.8) is 0 Å². The third kappa shape index (κ3) is 3.96. The van der Waals surface area contributed by atoms with Crippen LogP contribution >= 0.6 is 15.9 Å². The predicted molar refractivity (Wildman–Crippen MR) is 75.6 cm³/mol. The van der Waals surface area contributed by atoms with E-state index in [0.29, 0.717) is 12.6 Å². The molecule has 0 saturated heterocycles. The summed E-state index contributed by atoms with van der Waals surface area (Å²) in [5.74, 6) is 1.00. The van der Waals surface area contributed by atoms with Crippen LogP contribution < -0.4 is 4.90 Å². The largest absolute Gasteiger partial charge is 0.383 e. The lowest BCUT2D eigenvalue weighted by Gasteiger charge is -2.30. The Hall–Kier alpha value is -0.610. The molecule has 17 heavy (non-hydrogen) atoms. The van der Waals surface area contributed by atoms with Crippen LogP contribution in [0.3, 0.4) is 0 Å². The number of methoxy groups -OCH3 is 1. The summed E-state index contributed by atoms with van der Waals surface area (Å²) in [6.07, 6.45) is 2.99. The van der Waals surface area contributed by atoms with Crippen molar-refractivity contribution in [1.29, 1.82) is 0 Å². The van der Waals surface area contributed by atoms with Gasteiger partial charge in [-0.3, -0.25) is 0 Å². The van der Waals surface area contributed by atoms with Crippen molar-refractivity contribution in [1.82, 2.24) is 4.98 Å². The van der Waals surface area contributed by atoms with Gasteiger partial charge in [0.2, 0.25) is 0 Å². The van der Waals surface area contributed by atoms with E-state index >= 15 is 0 Å². The summed E-state index contributed by atoms with van der Waals surface area (Å²) in [6.45, 7) is 8.02. The fourth-order valence-electron chi connectivity index (χ4n) is 1.68. The van der Waals surface area contributed by atoms with Crippen LogP contribution in [0.4, 0.5) is 5.82 Å². The quantitative estimate of drug-likeness (QED) is 0.805. The lowest BCUT2D eigenvalue weighted by atomic mass is 10.2. The molecule has 96 valence electrons. The van der Waals surface area contributed by atoms with E-state index in [1.54, 1.807) is 7.11 Å². The van der Waals surface area contributed by atoms with Crippen molar-refractivity contribution in [2.75, 3.05) is 25.2 Å². The molecule has 0 amide bonds. The molecule has 1 unspecified atom stereocenters. The minimum atomic E-state index is 0.455.